The number of nitrogens with two attached hydrogens (primary N) is 1. The van der Waals surface area contributed by atoms with E-state index in [9.17, 15) is 4.79 Å². The van der Waals surface area contributed by atoms with Crippen LogP contribution in [0.15, 0.2) is 27.4 Å². The smallest absolute Gasteiger partial charge is 0.408 e. The van der Waals surface area contributed by atoms with Gasteiger partial charge in [-0.05, 0) is 45.0 Å². The summed E-state index contributed by atoms with van der Waals surface area (Å²) in [5.74, 6) is -0.428. The third-order valence-corrected chi connectivity index (χ3v) is 2.93. The highest BCUT2D eigenvalue weighted by atomic mass is 16.4. The van der Waals surface area contributed by atoms with Crippen molar-refractivity contribution in [3.05, 3.63) is 34.3 Å². The molecule has 0 aliphatic rings. The third-order valence-electron chi connectivity index (χ3n) is 2.93. The zero-order chi connectivity index (χ0) is 13.3. The summed E-state index contributed by atoms with van der Waals surface area (Å²) < 4.78 is 5.06. The second-order valence-electron chi connectivity index (χ2n) is 5.30. The first-order chi connectivity index (χ1) is 8.39. The van der Waals surface area contributed by atoms with E-state index in [4.69, 9.17) is 10.2 Å². The molecule has 1 atom stereocenters. The lowest BCUT2D eigenvalue weighted by Gasteiger charge is -2.26. The van der Waals surface area contributed by atoms with Gasteiger partial charge in [-0.2, -0.15) is 0 Å². The molecule has 0 aliphatic heterocycles. The lowest BCUT2D eigenvalue weighted by atomic mass is 9.92. The number of aromatic amines is 1. The molecule has 0 fully saturated rings. The van der Waals surface area contributed by atoms with Gasteiger partial charge in [-0.3, -0.25) is 4.98 Å². The van der Waals surface area contributed by atoms with E-state index in [0.717, 1.165) is 12.0 Å². The van der Waals surface area contributed by atoms with Gasteiger partial charge < -0.3 is 15.5 Å². The molecule has 2 aromatic rings. The third kappa shape index (κ3) is 2.80. The largest absolute Gasteiger partial charge is 0.417 e. The summed E-state index contributed by atoms with van der Waals surface area (Å²) >= 11 is 0. The maximum atomic E-state index is 11.1. The van der Waals surface area contributed by atoms with Gasteiger partial charge in [0.05, 0.1) is 5.52 Å². The molecule has 5 heteroatoms. The van der Waals surface area contributed by atoms with Gasteiger partial charge in [0, 0.05) is 11.6 Å². The van der Waals surface area contributed by atoms with Crippen LogP contribution < -0.4 is 16.8 Å². The van der Waals surface area contributed by atoms with Crippen molar-refractivity contribution in [3.63, 3.8) is 0 Å². The quantitative estimate of drug-likeness (QED) is 0.767. The number of oxazole rings is 1. The van der Waals surface area contributed by atoms with Crippen LogP contribution in [-0.2, 0) is 0 Å². The summed E-state index contributed by atoms with van der Waals surface area (Å²) in [5, 5.41) is 3.24. The van der Waals surface area contributed by atoms with Gasteiger partial charge in [-0.25, -0.2) is 4.79 Å². The van der Waals surface area contributed by atoms with Crippen molar-refractivity contribution < 1.29 is 4.42 Å². The standard InChI is InChI=1S/C13H19N3O2/c1-13(2,14)7-10(15-3)8-4-5-9-11(6-8)18-12(17)16-9/h4-6,10,15H,7,14H2,1-3H3,(H,16,17). The van der Waals surface area contributed by atoms with E-state index >= 15 is 0 Å². The molecule has 1 unspecified atom stereocenters. The molecule has 1 heterocycles. The Kier molecular flexibility index (Phi) is 3.28. The minimum absolute atomic E-state index is 0.134. The zero-order valence-electron chi connectivity index (χ0n) is 10.9. The molecule has 5 nitrogen and oxygen atoms in total. The van der Waals surface area contributed by atoms with E-state index in [-0.39, 0.29) is 11.6 Å². The van der Waals surface area contributed by atoms with Crippen molar-refractivity contribution in [2.75, 3.05) is 7.05 Å². The zero-order valence-corrected chi connectivity index (χ0v) is 10.9. The highest BCUT2D eigenvalue weighted by molar-refractivity contribution is 5.72. The molecule has 0 aliphatic carbocycles. The van der Waals surface area contributed by atoms with Crippen LogP contribution in [0.3, 0.4) is 0 Å². The lowest BCUT2D eigenvalue weighted by molar-refractivity contribution is 0.396. The number of fused-ring (bicyclic) bond motifs is 1. The molecule has 0 bridgehead atoms. The van der Waals surface area contributed by atoms with Crippen molar-refractivity contribution in [1.82, 2.24) is 10.3 Å². The number of hydrogen-bond donors (Lipinski definition) is 3. The predicted molar refractivity (Wildman–Crippen MR) is 71.5 cm³/mol. The molecule has 1 aromatic carbocycles. The Morgan fingerprint density at radius 1 is 1.50 bits per heavy atom. The predicted octanol–water partition coefficient (Wildman–Crippen LogP) is 1.51. The molecular weight excluding hydrogens is 230 g/mol. The lowest BCUT2D eigenvalue weighted by Crippen LogP contribution is -2.36. The fourth-order valence-corrected chi connectivity index (χ4v) is 2.09. The van der Waals surface area contributed by atoms with Crippen molar-refractivity contribution in [2.45, 2.75) is 31.8 Å². The molecule has 0 amide bonds. The normalized spacial score (nSPS) is 14.0. The van der Waals surface area contributed by atoms with Gasteiger partial charge in [-0.1, -0.05) is 6.07 Å². The van der Waals surface area contributed by atoms with E-state index in [1.807, 2.05) is 39.1 Å². The number of hydrogen-bond acceptors (Lipinski definition) is 4. The van der Waals surface area contributed by atoms with Gasteiger partial charge in [0.1, 0.15) is 0 Å². The first-order valence-corrected chi connectivity index (χ1v) is 5.98. The number of rotatable bonds is 4. The first kappa shape index (κ1) is 12.9. The molecule has 0 saturated carbocycles. The topological polar surface area (TPSA) is 84.0 Å². The molecule has 18 heavy (non-hydrogen) atoms. The Bertz CT molecular complexity index is 592. The Balaban J connectivity index is 2.36. The Labute approximate surface area is 105 Å². The van der Waals surface area contributed by atoms with Gasteiger partial charge in [-0.15, -0.1) is 0 Å². The van der Waals surface area contributed by atoms with Crippen LogP contribution in [0.4, 0.5) is 0 Å². The molecule has 0 spiro atoms. The summed E-state index contributed by atoms with van der Waals surface area (Å²) in [6.45, 7) is 3.98. The molecule has 4 N–H and O–H groups in total. The van der Waals surface area contributed by atoms with Crippen molar-refractivity contribution in [2.24, 2.45) is 5.73 Å². The number of aromatic nitrogens is 1. The summed E-state index contributed by atoms with van der Waals surface area (Å²) in [7, 11) is 1.90. The number of benzene rings is 1. The maximum Gasteiger partial charge on any atom is 0.417 e. The van der Waals surface area contributed by atoms with E-state index in [2.05, 4.69) is 10.3 Å². The highest BCUT2D eigenvalue weighted by Gasteiger charge is 2.19. The summed E-state index contributed by atoms with van der Waals surface area (Å²) in [5.41, 5.74) is 8.14. The number of nitrogens with one attached hydrogen (secondary N) is 2. The van der Waals surface area contributed by atoms with Crippen LogP contribution in [0.5, 0.6) is 0 Å². The molecule has 0 saturated heterocycles. The van der Waals surface area contributed by atoms with E-state index < -0.39 is 5.76 Å². The molecule has 1 aromatic heterocycles. The number of H-pyrrole nitrogens is 1. The van der Waals surface area contributed by atoms with E-state index in [1.54, 1.807) is 0 Å². The Hall–Kier alpha value is -1.59. The SMILES string of the molecule is CNC(CC(C)(C)N)c1ccc2[nH]c(=O)oc2c1. The first-order valence-electron chi connectivity index (χ1n) is 5.98. The van der Waals surface area contributed by atoms with Crippen LogP contribution >= 0.6 is 0 Å². The monoisotopic (exact) mass is 249 g/mol. The van der Waals surface area contributed by atoms with Crippen molar-refractivity contribution >= 4 is 11.1 Å². The fourth-order valence-electron chi connectivity index (χ4n) is 2.09. The van der Waals surface area contributed by atoms with Gasteiger partial charge in [0.2, 0.25) is 0 Å². The molecule has 2 rings (SSSR count). The minimum atomic E-state index is -0.428. The minimum Gasteiger partial charge on any atom is -0.408 e. The fraction of sp³-hybridized carbons (Fsp3) is 0.462. The van der Waals surface area contributed by atoms with Gasteiger partial charge >= 0.3 is 5.76 Å². The second-order valence-corrected chi connectivity index (χ2v) is 5.30. The molecule has 0 radical (unpaired) electrons. The summed E-state index contributed by atoms with van der Waals surface area (Å²) in [4.78, 5) is 13.7. The average Bonchev–Trinajstić information content (AvgIpc) is 2.63. The Morgan fingerprint density at radius 3 is 2.83 bits per heavy atom. The molecule has 98 valence electrons. The van der Waals surface area contributed by atoms with Crippen LogP contribution in [0.2, 0.25) is 0 Å². The van der Waals surface area contributed by atoms with Gasteiger partial charge in [0.25, 0.3) is 0 Å². The summed E-state index contributed by atoms with van der Waals surface area (Å²) in [6.07, 6.45) is 0.795. The van der Waals surface area contributed by atoms with Crippen molar-refractivity contribution in [1.29, 1.82) is 0 Å². The van der Waals surface area contributed by atoms with Crippen LogP contribution in [0, 0.1) is 0 Å². The van der Waals surface area contributed by atoms with Crippen molar-refractivity contribution in [3.8, 4) is 0 Å². The van der Waals surface area contributed by atoms with Crippen LogP contribution in [0.1, 0.15) is 31.9 Å². The van der Waals surface area contributed by atoms with E-state index in [0.29, 0.717) is 11.1 Å². The molecular formula is C13H19N3O2. The van der Waals surface area contributed by atoms with Crippen LogP contribution in [0.25, 0.3) is 11.1 Å². The highest BCUT2D eigenvalue weighted by Crippen LogP contribution is 2.24. The van der Waals surface area contributed by atoms with Gasteiger partial charge in [0.15, 0.2) is 5.58 Å². The van der Waals surface area contributed by atoms with Crippen LogP contribution in [-0.4, -0.2) is 17.6 Å². The maximum absolute atomic E-state index is 11.1. The van der Waals surface area contributed by atoms with E-state index in [1.165, 1.54) is 0 Å². The summed E-state index contributed by atoms with van der Waals surface area (Å²) in [6, 6.07) is 5.83. The Morgan fingerprint density at radius 2 is 2.22 bits per heavy atom. The average molecular weight is 249 g/mol. The second kappa shape index (κ2) is 4.59.